The Morgan fingerprint density at radius 3 is 2.59 bits per heavy atom. The van der Waals surface area contributed by atoms with Gasteiger partial charge in [-0.25, -0.2) is 4.98 Å². The Kier molecular flexibility index (Phi) is 7.56. The van der Waals surface area contributed by atoms with Gasteiger partial charge in [-0.1, -0.05) is 44.4 Å². The van der Waals surface area contributed by atoms with E-state index in [1.807, 2.05) is 13.8 Å². The largest absolute Gasteiger partial charge is 0.335 e. The zero-order chi connectivity index (χ0) is 26.3. The monoisotopic (exact) mass is 541 g/mol. The summed E-state index contributed by atoms with van der Waals surface area (Å²) in [6.07, 6.45) is 8.33. The number of anilines is 4. The molecule has 0 spiro atoms. The lowest BCUT2D eigenvalue weighted by atomic mass is 9.86. The lowest BCUT2D eigenvalue weighted by Gasteiger charge is -2.37. The van der Waals surface area contributed by atoms with Crippen molar-refractivity contribution in [3.8, 4) is 0 Å². The first-order chi connectivity index (χ1) is 17.7. The molecule has 1 saturated carbocycles. The van der Waals surface area contributed by atoms with Crippen LogP contribution in [-0.2, 0) is 24.3 Å². The quantitative estimate of drug-likeness (QED) is 0.348. The van der Waals surface area contributed by atoms with Crippen molar-refractivity contribution >= 4 is 45.5 Å². The molecule has 1 unspecified atom stereocenters. The lowest BCUT2D eigenvalue weighted by molar-refractivity contribution is 0.189. The number of halogens is 1. The van der Waals surface area contributed by atoms with Crippen LogP contribution in [0.1, 0.15) is 55.7 Å². The van der Waals surface area contributed by atoms with Crippen molar-refractivity contribution in [2.45, 2.75) is 62.6 Å². The van der Waals surface area contributed by atoms with E-state index in [-0.39, 0.29) is 5.25 Å². The maximum absolute atomic E-state index is 12.8. The van der Waals surface area contributed by atoms with Crippen LogP contribution in [0.15, 0.2) is 29.6 Å². The second-order valence-corrected chi connectivity index (χ2v) is 13.1. The van der Waals surface area contributed by atoms with Crippen LogP contribution in [0.25, 0.3) is 0 Å². The molecular weight excluding hydrogens is 506 g/mol. The lowest BCUT2D eigenvalue weighted by Crippen LogP contribution is -2.42. The van der Waals surface area contributed by atoms with E-state index in [0.29, 0.717) is 33.4 Å². The average Bonchev–Trinajstić information content (AvgIpc) is 3.59. The molecule has 2 N–H and O–H groups in total. The van der Waals surface area contributed by atoms with E-state index in [9.17, 15) is 4.21 Å². The van der Waals surface area contributed by atoms with Gasteiger partial charge in [0.15, 0.2) is 10.8 Å². The molecule has 8 nitrogen and oxygen atoms in total. The molecule has 2 aliphatic rings. The van der Waals surface area contributed by atoms with Gasteiger partial charge in [-0.3, -0.25) is 8.89 Å². The molecule has 10 heteroatoms. The topological polar surface area (TPSA) is 88.0 Å². The number of aryl methyl sites for hydroxylation is 3. The summed E-state index contributed by atoms with van der Waals surface area (Å²) >= 11 is 6.47. The van der Waals surface area contributed by atoms with Crippen molar-refractivity contribution in [3.63, 3.8) is 0 Å². The fourth-order valence-electron chi connectivity index (χ4n) is 4.89. The van der Waals surface area contributed by atoms with Crippen LogP contribution in [0.4, 0.5) is 23.1 Å². The number of aromatic nitrogens is 4. The van der Waals surface area contributed by atoms with Gasteiger partial charge in [0.2, 0.25) is 5.95 Å². The van der Waals surface area contributed by atoms with E-state index in [2.05, 4.69) is 56.7 Å². The van der Waals surface area contributed by atoms with Crippen molar-refractivity contribution < 1.29 is 4.21 Å². The normalized spacial score (nSPS) is 17.2. The molecule has 1 aliphatic carbocycles. The van der Waals surface area contributed by atoms with Crippen LogP contribution in [0.3, 0.4) is 0 Å². The van der Waals surface area contributed by atoms with Crippen LogP contribution < -0.4 is 10.6 Å². The van der Waals surface area contributed by atoms with Gasteiger partial charge in [-0.2, -0.15) is 10.1 Å². The Morgan fingerprint density at radius 2 is 1.92 bits per heavy atom. The fraction of sp³-hybridized carbons (Fsp3) is 0.519. The number of benzene rings is 1. The summed E-state index contributed by atoms with van der Waals surface area (Å²) in [5, 5.41) is 11.9. The van der Waals surface area contributed by atoms with E-state index >= 15 is 0 Å². The summed E-state index contributed by atoms with van der Waals surface area (Å²) in [5.41, 5.74) is 5.73. The van der Waals surface area contributed by atoms with Crippen LogP contribution >= 0.6 is 11.6 Å². The SMILES string of the molecule is Cc1cc(Nc2ncc(Cl)c(Nc3cn(C)nc3S(=O)C(C)C)n2)c(CCC2CC2)cc1C1CN(C)C1. The zero-order valence-electron chi connectivity index (χ0n) is 22.2. The summed E-state index contributed by atoms with van der Waals surface area (Å²) in [6, 6.07) is 4.64. The van der Waals surface area contributed by atoms with Crippen LogP contribution in [0.5, 0.6) is 0 Å². The molecule has 1 aromatic carbocycles. The number of hydrogen-bond donors (Lipinski definition) is 2. The number of hydrogen-bond acceptors (Lipinski definition) is 7. The van der Waals surface area contributed by atoms with E-state index in [4.69, 9.17) is 11.6 Å². The molecule has 2 aromatic heterocycles. The van der Waals surface area contributed by atoms with Gasteiger partial charge in [-0.15, -0.1) is 0 Å². The Morgan fingerprint density at radius 1 is 1.16 bits per heavy atom. The highest BCUT2D eigenvalue weighted by Gasteiger charge is 2.28. The minimum Gasteiger partial charge on any atom is -0.335 e. The third-order valence-corrected chi connectivity index (χ3v) is 8.99. The van der Waals surface area contributed by atoms with Crippen molar-refractivity contribution in [1.82, 2.24) is 24.6 Å². The van der Waals surface area contributed by atoms with E-state index in [1.165, 1.54) is 36.0 Å². The second-order valence-electron chi connectivity index (χ2n) is 10.8. The number of nitrogens with zero attached hydrogens (tertiary/aromatic N) is 5. The Labute approximate surface area is 226 Å². The molecule has 3 heterocycles. The van der Waals surface area contributed by atoms with Crippen molar-refractivity contribution in [1.29, 1.82) is 0 Å². The van der Waals surface area contributed by atoms with Gasteiger partial charge in [0.05, 0.1) is 22.7 Å². The molecule has 1 atom stereocenters. The molecule has 0 bridgehead atoms. The highest BCUT2D eigenvalue weighted by Crippen LogP contribution is 2.37. The fourth-order valence-corrected chi connectivity index (χ4v) is 6.00. The average molecular weight is 542 g/mol. The van der Waals surface area contributed by atoms with Crippen molar-refractivity contribution in [2.24, 2.45) is 13.0 Å². The molecule has 0 radical (unpaired) electrons. The molecule has 1 saturated heterocycles. The third-order valence-electron chi connectivity index (χ3n) is 7.17. The molecule has 37 heavy (non-hydrogen) atoms. The first kappa shape index (κ1) is 26.1. The molecular formula is C27H36ClN7OS. The zero-order valence-corrected chi connectivity index (χ0v) is 23.8. The molecule has 198 valence electrons. The highest BCUT2D eigenvalue weighted by atomic mass is 35.5. The van der Waals surface area contributed by atoms with Crippen molar-refractivity contribution in [3.05, 3.63) is 46.2 Å². The maximum Gasteiger partial charge on any atom is 0.229 e. The van der Waals surface area contributed by atoms with E-state index < -0.39 is 10.8 Å². The van der Waals surface area contributed by atoms with Crippen molar-refractivity contribution in [2.75, 3.05) is 30.8 Å². The molecule has 5 rings (SSSR count). The summed E-state index contributed by atoms with van der Waals surface area (Å²) in [6.45, 7) is 8.24. The first-order valence-corrected chi connectivity index (χ1v) is 14.6. The Hall–Kier alpha value is -2.49. The minimum atomic E-state index is -1.25. The number of likely N-dealkylation sites (tertiary alicyclic amines) is 1. The second kappa shape index (κ2) is 10.7. The van der Waals surface area contributed by atoms with Gasteiger partial charge in [0, 0.05) is 43.2 Å². The minimum absolute atomic E-state index is 0.0610. The third kappa shape index (κ3) is 5.99. The first-order valence-electron chi connectivity index (χ1n) is 13.0. The highest BCUT2D eigenvalue weighted by molar-refractivity contribution is 7.85. The summed E-state index contributed by atoms with van der Waals surface area (Å²) in [7, 11) is 2.72. The maximum atomic E-state index is 12.8. The predicted octanol–water partition coefficient (Wildman–Crippen LogP) is 5.55. The van der Waals surface area contributed by atoms with Gasteiger partial charge in [-0.05, 0) is 55.5 Å². The summed E-state index contributed by atoms with van der Waals surface area (Å²) in [5.74, 6) is 2.37. The predicted molar refractivity (Wildman–Crippen MR) is 151 cm³/mol. The van der Waals surface area contributed by atoms with Crippen LogP contribution in [0, 0.1) is 12.8 Å². The van der Waals surface area contributed by atoms with E-state index in [1.54, 1.807) is 24.1 Å². The molecule has 1 aliphatic heterocycles. The smallest absolute Gasteiger partial charge is 0.229 e. The van der Waals surface area contributed by atoms with E-state index in [0.717, 1.165) is 31.1 Å². The van der Waals surface area contributed by atoms with Gasteiger partial charge < -0.3 is 15.5 Å². The molecule has 2 fully saturated rings. The van der Waals surface area contributed by atoms with Gasteiger partial charge >= 0.3 is 0 Å². The Bertz CT molecular complexity index is 1310. The number of rotatable bonds is 10. The van der Waals surface area contributed by atoms with Crippen LogP contribution in [0.2, 0.25) is 5.02 Å². The summed E-state index contributed by atoms with van der Waals surface area (Å²) < 4.78 is 14.4. The number of likely N-dealkylation sites (N-methyl/N-ethyl adjacent to an activating group) is 1. The molecule has 0 amide bonds. The Balaban J connectivity index is 1.41. The van der Waals surface area contributed by atoms with Crippen LogP contribution in [-0.4, -0.2) is 54.2 Å². The standard InChI is InChI=1S/C27H36ClN7OS/c1-16(2)37(36)26-24(15-35(5)33-26)30-25-22(28)12-29-27(32-25)31-23-10-17(3)21(20-13-34(4)14-20)11-19(23)9-8-18-6-7-18/h10-12,15-16,18,20H,6-9,13-14H2,1-5H3,(H2,29,30,31,32). The van der Waals surface area contributed by atoms with Gasteiger partial charge in [0.25, 0.3) is 0 Å². The number of nitrogens with one attached hydrogen (secondary N) is 2. The summed E-state index contributed by atoms with van der Waals surface area (Å²) in [4.78, 5) is 11.5. The molecule has 3 aromatic rings. The van der Waals surface area contributed by atoms with Gasteiger partial charge in [0.1, 0.15) is 5.02 Å².